The number of amides is 1. The number of furan rings is 1. The van der Waals surface area contributed by atoms with Crippen LogP contribution in [0.15, 0.2) is 65.1 Å². The number of anilines is 1. The van der Waals surface area contributed by atoms with Crippen molar-refractivity contribution in [3.63, 3.8) is 0 Å². The molecule has 0 saturated carbocycles. The molecule has 0 saturated heterocycles. The smallest absolute Gasteiger partial charge is 0.257 e. The number of aldehydes is 1. The van der Waals surface area contributed by atoms with Crippen molar-refractivity contribution in [2.24, 2.45) is 0 Å². The quantitative estimate of drug-likeness (QED) is 0.709. The number of carbonyl (C=O) groups excluding carboxylic acids is 2. The molecule has 1 heterocycles. The first-order valence-corrected chi connectivity index (χ1v) is 7.26. The maximum absolute atomic E-state index is 12.3. The fourth-order valence-corrected chi connectivity index (χ4v) is 2.39. The van der Waals surface area contributed by atoms with Gasteiger partial charge in [-0.2, -0.15) is 0 Å². The fourth-order valence-electron chi connectivity index (χ4n) is 2.17. The van der Waals surface area contributed by atoms with Gasteiger partial charge in [-0.05, 0) is 36.4 Å². The van der Waals surface area contributed by atoms with Crippen molar-refractivity contribution in [1.82, 2.24) is 0 Å². The second-order valence-electron chi connectivity index (χ2n) is 4.83. The van der Waals surface area contributed by atoms with Crippen molar-refractivity contribution >= 4 is 29.5 Å². The molecule has 0 atom stereocenters. The SMILES string of the molecule is O=Cc1ccc(-c2cccc(NC(=O)c3ccccc3Cl)c2)o1. The Morgan fingerprint density at radius 1 is 1.04 bits per heavy atom. The summed E-state index contributed by atoms with van der Waals surface area (Å²) in [6.45, 7) is 0. The highest BCUT2D eigenvalue weighted by atomic mass is 35.5. The highest BCUT2D eigenvalue weighted by Crippen LogP contribution is 2.25. The van der Waals surface area contributed by atoms with Crippen molar-refractivity contribution < 1.29 is 14.0 Å². The summed E-state index contributed by atoms with van der Waals surface area (Å²) < 4.78 is 5.38. The van der Waals surface area contributed by atoms with Gasteiger partial charge in [-0.3, -0.25) is 9.59 Å². The maximum Gasteiger partial charge on any atom is 0.257 e. The molecule has 1 amide bonds. The molecule has 0 aliphatic carbocycles. The average molecular weight is 326 g/mol. The molecule has 3 rings (SSSR count). The Kier molecular flexibility index (Phi) is 4.26. The average Bonchev–Trinajstić information content (AvgIpc) is 3.04. The molecule has 0 aliphatic rings. The van der Waals surface area contributed by atoms with E-state index in [1.807, 2.05) is 6.07 Å². The van der Waals surface area contributed by atoms with Gasteiger partial charge in [0.2, 0.25) is 0 Å². The lowest BCUT2D eigenvalue weighted by atomic mass is 10.1. The zero-order chi connectivity index (χ0) is 16.2. The van der Waals surface area contributed by atoms with Crippen LogP contribution in [0.1, 0.15) is 20.9 Å². The van der Waals surface area contributed by atoms with Crippen molar-refractivity contribution in [2.45, 2.75) is 0 Å². The molecule has 3 aromatic rings. The molecule has 114 valence electrons. The number of nitrogens with one attached hydrogen (secondary N) is 1. The van der Waals surface area contributed by atoms with Crippen LogP contribution in [0.2, 0.25) is 5.02 Å². The first-order valence-electron chi connectivity index (χ1n) is 6.89. The van der Waals surface area contributed by atoms with E-state index in [1.165, 1.54) is 0 Å². The molecule has 0 aliphatic heterocycles. The van der Waals surface area contributed by atoms with E-state index in [0.29, 0.717) is 28.3 Å². The number of hydrogen-bond acceptors (Lipinski definition) is 3. The summed E-state index contributed by atoms with van der Waals surface area (Å²) in [4.78, 5) is 23.0. The van der Waals surface area contributed by atoms with E-state index in [1.54, 1.807) is 54.6 Å². The van der Waals surface area contributed by atoms with E-state index in [0.717, 1.165) is 5.56 Å². The Hall–Kier alpha value is -2.85. The highest BCUT2D eigenvalue weighted by molar-refractivity contribution is 6.34. The van der Waals surface area contributed by atoms with Crippen LogP contribution in [0.5, 0.6) is 0 Å². The van der Waals surface area contributed by atoms with Gasteiger partial charge in [0.15, 0.2) is 12.0 Å². The van der Waals surface area contributed by atoms with Crippen LogP contribution in [0.25, 0.3) is 11.3 Å². The number of benzene rings is 2. The minimum absolute atomic E-state index is 0.255. The van der Waals surface area contributed by atoms with Gasteiger partial charge in [0, 0.05) is 11.3 Å². The van der Waals surface area contributed by atoms with Gasteiger partial charge in [0.1, 0.15) is 5.76 Å². The van der Waals surface area contributed by atoms with Gasteiger partial charge in [-0.15, -0.1) is 0 Å². The van der Waals surface area contributed by atoms with E-state index in [9.17, 15) is 9.59 Å². The second kappa shape index (κ2) is 6.50. The van der Waals surface area contributed by atoms with E-state index in [4.69, 9.17) is 16.0 Å². The number of carbonyl (C=O) groups is 2. The Balaban J connectivity index is 1.84. The Morgan fingerprint density at radius 2 is 1.87 bits per heavy atom. The van der Waals surface area contributed by atoms with Gasteiger partial charge in [-0.1, -0.05) is 35.9 Å². The third kappa shape index (κ3) is 3.33. The van der Waals surface area contributed by atoms with Crippen molar-refractivity contribution in [1.29, 1.82) is 0 Å². The van der Waals surface area contributed by atoms with E-state index >= 15 is 0 Å². The van der Waals surface area contributed by atoms with E-state index in [-0.39, 0.29) is 11.7 Å². The molecule has 1 aromatic heterocycles. The molecular formula is C18H12ClNO3. The predicted molar refractivity (Wildman–Crippen MR) is 88.9 cm³/mol. The molecule has 0 bridgehead atoms. The molecule has 0 fully saturated rings. The van der Waals surface area contributed by atoms with Gasteiger partial charge in [0.25, 0.3) is 5.91 Å². The zero-order valence-corrected chi connectivity index (χ0v) is 12.7. The lowest BCUT2D eigenvalue weighted by Gasteiger charge is -2.07. The molecule has 0 unspecified atom stereocenters. The molecule has 1 N–H and O–H groups in total. The van der Waals surface area contributed by atoms with Gasteiger partial charge < -0.3 is 9.73 Å². The van der Waals surface area contributed by atoms with Crippen LogP contribution in [-0.2, 0) is 0 Å². The summed E-state index contributed by atoms with van der Waals surface area (Å²) >= 11 is 6.02. The number of hydrogen-bond donors (Lipinski definition) is 1. The molecule has 2 aromatic carbocycles. The Bertz CT molecular complexity index is 870. The van der Waals surface area contributed by atoms with Crippen molar-refractivity contribution in [2.75, 3.05) is 5.32 Å². The fraction of sp³-hybridized carbons (Fsp3) is 0. The van der Waals surface area contributed by atoms with Crippen LogP contribution < -0.4 is 5.32 Å². The lowest BCUT2D eigenvalue weighted by molar-refractivity contribution is 0.102. The first-order chi connectivity index (χ1) is 11.2. The van der Waals surface area contributed by atoms with Crippen LogP contribution in [0, 0.1) is 0 Å². The van der Waals surface area contributed by atoms with Crippen LogP contribution >= 0.6 is 11.6 Å². The Morgan fingerprint density at radius 3 is 2.61 bits per heavy atom. The third-order valence-electron chi connectivity index (χ3n) is 3.27. The normalized spacial score (nSPS) is 10.3. The van der Waals surface area contributed by atoms with Gasteiger partial charge in [-0.25, -0.2) is 0 Å². The van der Waals surface area contributed by atoms with E-state index in [2.05, 4.69) is 5.32 Å². The summed E-state index contributed by atoms with van der Waals surface area (Å²) in [7, 11) is 0. The largest absolute Gasteiger partial charge is 0.453 e. The summed E-state index contributed by atoms with van der Waals surface area (Å²) in [6.07, 6.45) is 0.645. The van der Waals surface area contributed by atoms with Crippen LogP contribution in [0.4, 0.5) is 5.69 Å². The minimum atomic E-state index is -0.291. The Labute approximate surface area is 137 Å². The van der Waals surface area contributed by atoms with Gasteiger partial charge in [0.05, 0.1) is 10.6 Å². The lowest BCUT2D eigenvalue weighted by Crippen LogP contribution is -2.12. The summed E-state index contributed by atoms with van der Waals surface area (Å²) in [6, 6.07) is 17.3. The highest BCUT2D eigenvalue weighted by Gasteiger charge is 2.11. The molecule has 4 nitrogen and oxygen atoms in total. The third-order valence-corrected chi connectivity index (χ3v) is 3.60. The first kappa shape index (κ1) is 15.1. The van der Waals surface area contributed by atoms with E-state index < -0.39 is 0 Å². The summed E-state index contributed by atoms with van der Waals surface area (Å²) in [5.74, 6) is 0.521. The second-order valence-corrected chi connectivity index (χ2v) is 5.24. The standard InChI is InChI=1S/C18H12ClNO3/c19-16-7-2-1-6-15(16)18(22)20-13-5-3-4-12(10-13)17-9-8-14(11-21)23-17/h1-11H,(H,20,22). The molecule has 23 heavy (non-hydrogen) atoms. The van der Waals surface area contributed by atoms with Crippen LogP contribution in [-0.4, -0.2) is 12.2 Å². The molecule has 5 heteroatoms. The van der Waals surface area contributed by atoms with Crippen LogP contribution in [0.3, 0.4) is 0 Å². The zero-order valence-electron chi connectivity index (χ0n) is 12.0. The number of halogens is 1. The summed E-state index contributed by atoms with van der Waals surface area (Å²) in [5, 5.41) is 3.19. The van der Waals surface area contributed by atoms with Crippen molar-refractivity contribution in [3.05, 3.63) is 77.0 Å². The topological polar surface area (TPSA) is 59.3 Å². The molecule has 0 radical (unpaired) electrons. The maximum atomic E-state index is 12.3. The molecule has 0 spiro atoms. The number of rotatable bonds is 4. The summed E-state index contributed by atoms with van der Waals surface area (Å²) in [5.41, 5.74) is 1.77. The van der Waals surface area contributed by atoms with Crippen molar-refractivity contribution in [3.8, 4) is 11.3 Å². The minimum Gasteiger partial charge on any atom is -0.453 e. The molecular weight excluding hydrogens is 314 g/mol. The predicted octanol–water partition coefficient (Wildman–Crippen LogP) is 4.66. The monoisotopic (exact) mass is 325 g/mol. The van der Waals surface area contributed by atoms with Gasteiger partial charge >= 0.3 is 0 Å².